The van der Waals surface area contributed by atoms with Crippen molar-refractivity contribution in [2.24, 2.45) is 5.73 Å². The Hall–Kier alpha value is -1.84. The van der Waals surface area contributed by atoms with Crippen LogP contribution in [0.5, 0.6) is 5.75 Å². The van der Waals surface area contributed by atoms with Gasteiger partial charge in [0.2, 0.25) is 0 Å². The fraction of sp³-hybridized carbons (Fsp3) is 0.333. The molecule has 9 heteroatoms. The number of hydrogen-bond acceptors (Lipinski definition) is 4. The minimum atomic E-state index is -4.84. The van der Waals surface area contributed by atoms with Crippen LogP contribution in [0.25, 0.3) is 0 Å². The third kappa shape index (κ3) is 3.63. The monoisotopic (exact) mass is 363 g/mol. The molecular formula is C15H18F3N2O3S+. The van der Waals surface area contributed by atoms with E-state index in [1.807, 2.05) is 0 Å². The highest BCUT2D eigenvalue weighted by Gasteiger charge is 2.50. The molecule has 24 heavy (non-hydrogen) atoms. The minimum absolute atomic E-state index is 0.0220. The molecule has 0 saturated carbocycles. The second kappa shape index (κ2) is 6.58. The molecule has 1 atom stereocenters. The Kier molecular flexibility index (Phi) is 5.07. The number of ether oxygens (including phenoxy) is 1. The van der Waals surface area contributed by atoms with E-state index in [1.165, 1.54) is 43.7 Å². The molecule has 0 radical (unpaired) electrons. The van der Waals surface area contributed by atoms with E-state index in [0.29, 0.717) is 11.3 Å². The van der Waals surface area contributed by atoms with Gasteiger partial charge in [-0.1, -0.05) is 6.08 Å². The first-order valence-electron chi connectivity index (χ1n) is 7.04. The van der Waals surface area contributed by atoms with Crippen molar-refractivity contribution in [1.29, 1.82) is 0 Å². The van der Waals surface area contributed by atoms with E-state index in [4.69, 9.17) is 10.5 Å². The number of nitrogens with zero attached hydrogens (tertiary/aromatic N) is 1. The zero-order valence-electron chi connectivity index (χ0n) is 13.0. The molecule has 0 bridgehead atoms. The summed E-state index contributed by atoms with van der Waals surface area (Å²) in [6.45, 7) is -0.123. The Morgan fingerprint density at radius 2 is 1.88 bits per heavy atom. The lowest BCUT2D eigenvalue weighted by Crippen LogP contribution is -2.54. The van der Waals surface area contributed by atoms with Crippen molar-refractivity contribution in [1.82, 2.24) is 3.89 Å². The summed E-state index contributed by atoms with van der Waals surface area (Å²) >= 11 is 0. The van der Waals surface area contributed by atoms with Gasteiger partial charge in [-0.2, -0.15) is 25.5 Å². The minimum Gasteiger partial charge on any atom is -0.497 e. The van der Waals surface area contributed by atoms with Crippen molar-refractivity contribution in [3.63, 3.8) is 0 Å². The van der Waals surface area contributed by atoms with Gasteiger partial charge in [-0.15, -0.1) is 0 Å². The van der Waals surface area contributed by atoms with Gasteiger partial charge in [0.1, 0.15) is 18.5 Å². The van der Waals surface area contributed by atoms with Crippen molar-refractivity contribution in [3.8, 4) is 5.75 Å². The van der Waals surface area contributed by atoms with Crippen LogP contribution in [0.3, 0.4) is 0 Å². The number of nitrogens with two attached hydrogens (primary N) is 1. The number of rotatable bonds is 5. The molecule has 1 aromatic carbocycles. The van der Waals surface area contributed by atoms with Crippen molar-refractivity contribution in [2.75, 3.05) is 26.0 Å². The molecule has 0 amide bonds. The topological polar surface area (TPSA) is 69.4 Å². The summed E-state index contributed by atoms with van der Waals surface area (Å²) in [5.74, 6) is -1.45. The van der Waals surface area contributed by atoms with Crippen LogP contribution in [0, 0.1) is 0 Å². The first-order valence-corrected chi connectivity index (χ1v) is 8.65. The van der Waals surface area contributed by atoms with E-state index in [9.17, 15) is 21.6 Å². The Morgan fingerprint density at radius 3 is 2.38 bits per heavy atom. The fourth-order valence-corrected chi connectivity index (χ4v) is 4.23. The fourth-order valence-electron chi connectivity index (χ4n) is 2.54. The Morgan fingerprint density at radius 1 is 1.25 bits per heavy atom. The summed E-state index contributed by atoms with van der Waals surface area (Å²) in [5.41, 5.74) is 6.19. The zero-order valence-corrected chi connectivity index (χ0v) is 13.8. The van der Waals surface area contributed by atoms with Gasteiger partial charge in [0.25, 0.3) is 0 Å². The maximum Gasteiger partial charge on any atom is 0.408 e. The van der Waals surface area contributed by atoms with Crippen LogP contribution in [0.15, 0.2) is 48.2 Å². The number of methoxy groups -OCH3 is 1. The second-order valence-electron chi connectivity index (χ2n) is 5.33. The van der Waals surface area contributed by atoms with Gasteiger partial charge in [0.05, 0.1) is 7.11 Å². The Balaban J connectivity index is 2.62. The van der Waals surface area contributed by atoms with E-state index in [-0.39, 0.29) is 18.8 Å². The van der Waals surface area contributed by atoms with E-state index >= 15 is 0 Å². The lowest BCUT2D eigenvalue weighted by molar-refractivity contribution is -0.106. The van der Waals surface area contributed by atoms with Gasteiger partial charge in [-0.3, -0.25) is 0 Å². The van der Waals surface area contributed by atoms with Crippen LogP contribution in [0.1, 0.15) is 0 Å². The summed E-state index contributed by atoms with van der Waals surface area (Å²) in [4.78, 5) is 0. The molecule has 1 heterocycles. The highest BCUT2D eigenvalue weighted by Crippen LogP contribution is 2.35. The SMILES string of the molecule is COc1ccc([N+]2(S(=O)(=O)CC(F)(F)F)C=C(CN)C=CC2)cc1. The molecule has 1 aliphatic rings. The number of quaternary nitrogens is 1. The van der Waals surface area contributed by atoms with Crippen LogP contribution >= 0.6 is 0 Å². The molecule has 1 aromatic rings. The first-order chi connectivity index (χ1) is 11.1. The highest BCUT2D eigenvalue weighted by atomic mass is 32.2. The molecular weight excluding hydrogens is 345 g/mol. The van der Waals surface area contributed by atoms with Crippen LogP contribution in [0.4, 0.5) is 18.9 Å². The van der Waals surface area contributed by atoms with E-state index < -0.39 is 25.8 Å². The molecule has 0 fully saturated rings. The van der Waals surface area contributed by atoms with Crippen LogP contribution in [0.2, 0.25) is 0 Å². The highest BCUT2D eigenvalue weighted by molar-refractivity contribution is 7.91. The van der Waals surface area contributed by atoms with Gasteiger partial charge in [-0.25, -0.2) is 0 Å². The largest absolute Gasteiger partial charge is 0.497 e. The molecule has 5 nitrogen and oxygen atoms in total. The number of benzene rings is 1. The van der Waals surface area contributed by atoms with Gasteiger partial charge in [-0.05, 0) is 18.2 Å². The van der Waals surface area contributed by atoms with Gasteiger partial charge in [0.15, 0.2) is 11.4 Å². The normalized spacial score (nSPS) is 21.5. The third-order valence-electron chi connectivity index (χ3n) is 3.67. The lowest BCUT2D eigenvalue weighted by atomic mass is 10.2. The molecule has 2 N–H and O–H groups in total. The quantitative estimate of drug-likeness (QED) is 0.815. The molecule has 0 saturated heterocycles. The predicted octanol–water partition coefficient (Wildman–Crippen LogP) is 2.31. The Labute approximate surface area is 138 Å². The number of hydrogen-bond donors (Lipinski definition) is 1. The van der Waals surface area contributed by atoms with Gasteiger partial charge < -0.3 is 10.5 Å². The molecule has 0 aromatic heterocycles. The summed E-state index contributed by atoms with van der Waals surface area (Å²) in [7, 11) is -3.19. The number of sulfonamides is 1. The summed E-state index contributed by atoms with van der Waals surface area (Å²) in [6.07, 6.45) is -0.444. The van der Waals surface area contributed by atoms with E-state index in [2.05, 4.69) is 0 Å². The van der Waals surface area contributed by atoms with Crippen LogP contribution in [-0.2, 0) is 10.0 Å². The predicted molar refractivity (Wildman–Crippen MR) is 85.8 cm³/mol. The average molecular weight is 363 g/mol. The molecule has 0 spiro atoms. The number of halogens is 3. The average Bonchev–Trinajstić information content (AvgIpc) is 2.52. The molecule has 132 valence electrons. The maximum absolute atomic E-state index is 12.8. The molecule has 0 aliphatic carbocycles. The van der Waals surface area contributed by atoms with Crippen LogP contribution < -0.4 is 14.4 Å². The van der Waals surface area contributed by atoms with Gasteiger partial charge >= 0.3 is 16.2 Å². The smallest absolute Gasteiger partial charge is 0.408 e. The van der Waals surface area contributed by atoms with Crippen molar-refractivity contribution in [2.45, 2.75) is 6.18 Å². The standard InChI is InChI=1S/C15H18F3N2O3S/c1-23-14-6-4-13(5-7-14)20(8-2-3-12(9-19)10-20)24(21,22)11-15(16,17)18/h2-7,10H,8-9,11,19H2,1H3/q+1. The molecule has 2 rings (SSSR count). The van der Waals surface area contributed by atoms with Gasteiger partial charge in [0, 0.05) is 24.3 Å². The summed E-state index contributed by atoms with van der Waals surface area (Å²) < 4.78 is 67.8. The summed E-state index contributed by atoms with van der Waals surface area (Å²) in [5, 5.41) is 0. The number of alkyl halides is 3. The zero-order chi connectivity index (χ0) is 18.0. The van der Waals surface area contributed by atoms with Crippen molar-refractivity contribution in [3.05, 3.63) is 48.2 Å². The molecule has 1 aliphatic heterocycles. The Bertz CT molecular complexity index is 755. The second-order valence-corrected chi connectivity index (χ2v) is 7.43. The van der Waals surface area contributed by atoms with Crippen LogP contribution in [-0.4, -0.2) is 40.5 Å². The van der Waals surface area contributed by atoms with E-state index in [0.717, 1.165) is 0 Å². The summed E-state index contributed by atoms with van der Waals surface area (Å²) in [6, 6.07) is 5.90. The lowest BCUT2D eigenvalue weighted by Gasteiger charge is -2.34. The maximum atomic E-state index is 12.8. The van der Waals surface area contributed by atoms with Crippen molar-refractivity contribution < 1.29 is 26.3 Å². The third-order valence-corrected chi connectivity index (χ3v) is 5.82. The van der Waals surface area contributed by atoms with Crippen molar-refractivity contribution >= 4 is 15.7 Å². The van der Waals surface area contributed by atoms with E-state index in [1.54, 1.807) is 6.08 Å². The first kappa shape index (κ1) is 18.5. The molecule has 1 unspecified atom stereocenters.